The Morgan fingerprint density at radius 3 is 2.54 bits per heavy atom. The zero-order chi connectivity index (χ0) is 20.1. The van der Waals surface area contributed by atoms with Crippen molar-refractivity contribution in [3.8, 4) is 0 Å². The lowest BCUT2D eigenvalue weighted by atomic mass is 10.1. The van der Waals surface area contributed by atoms with Gasteiger partial charge in [0.2, 0.25) is 11.8 Å². The second kappa shape index (κ2) is 8.49. The molecule has 0 radical (unpaired) electrons. The minimum absolute atomic E-state index is 0.0833. The van der Waals surface area contributed by atoms with Gasteiger partial charge in [0.1, 0.15) is 0 Å². The van der Waals surface area contributed by atoms with E-state index in [4.69, 9.17) is 0 Å². The number of hydrogen-bond donors (Lipinski definition) is 1. The third-order valence-corrected chi connectivity index (χ3v) is 4.81. The summed E-state index contributed by atoms with van der Waals surface area (Å²) in [6, 6.07) is 12.9. The lowest BCUT2D eigenvalue weighted by Crippen LogP contribution is -2.27. The van der Waals surface area contributed by atoms with Gasteiger partial charge in [-0.1, -0.05) is 36.0 Å². The summed E-state index contributed by atoms with van der Waals surface area (Å²) < 4.78 is 0. The number of nitro benzene ring substituents is 1. The molecule has 1 saturated heterocycles. The number of benzene rings is 2. The van der Waals surface area contributed by atoms with Crippen molar-refractivity contribution >= 4 is 46.3 Å². The van der Waals surface area contributed by atoms with E-state index in [0.29, 0.717) is 11.3 Å². The number of carbonyl (C=O) groups excluding carboxylic acids is 3. The smallest absolute Gasteiger partial charge is 0.289 e. The Morgan fingerprint density at radius 1 is 1.18 bits per heavy atom. The Morgan fingerprint density at radius 2 is 1.89 bits per heavy atom. The number of amides is 3. The lowest BCUT2D eigenvalue weighted by Gasteiger charge is -2.13. The Balaban J connectivity index is 1.61. The summed E-state index contributed by atoms with van der Waals surface area (Å²) in [5.74, 6) is -0.487. The van der Waals surface area contributed by atoms with E-state index in [1.54, 1.807) is 42.5 Å². The number of nitro groups is 1. The average Bonchev–Trinajstić information content (AvgIpc) is 3.00. The number of para-hydroxylation sites is 1. The molecular formula is C19H15N3O5S. The van der Waals surface area contributed by atoms with E-state index in [2.05, 4.69) is 5.32 Å². The summed E-state index contributed by atoms with van der Waals surface area (Å²) in [5.41, 5.74) is 1.53. The molecule has 1 fully saturated rings. The van der Waals surface area contributed by atoms with Crippen molar-refractivity contribution < 1.29 is 19.3 Å². The molecule has 1 aliphatic heterocycles. The van der Waals surface area contributed by atoms with Crippen LogP contribution in [-0.2, 0) is 16.1 Å². The number of hydrogen-bond acceptors (Lipinski definition) is 6. The molecule has 9 heteroatoms. The molecule has 2 aromatic carbocycles. The quantitative estimate of drug-likeness (QED) is 0.454. The first-order valence-corrected chi connectivity index (χ1v) is 9.21. The molecule has 2 aromatic rings. The van der Waals surface area contributed by atoms with Gasteiger partial charge in [0.25, 0.3) is 10.9 Å². The van der Waals surface area contributed by atoms with E-state index in [9.17, 15) is 24.5 Å². The lowest BCUT2D eigenvalue weighted by molar-refractivity contribution is -0.385. The van der Waals surface area contributed by atoms with Gasteiger partial charge in [-0.25, -0.2) is 0 Å². The van der Waals surface area contributed by atoms with Crippen molar-refractivity contribution in [1.29, 1.82) is 0 Å². The van der Waals surface area contributed by atoms with E-state index >= 15 is 0 Å². The Hall–Kier alpha value is -3.46. The molecule has 1 aliphatic rings. The third-order valence-electron chi connectivity index (χ3n) is 3.95. The van der Waals surface area contributed by atoms with Crippen LogP contribution in [0.15, 0.2) is 54.6 Å². The van der Waals surface area contributed by atoms with Gasteiger partial charge in [0.15, 0.2) is 0 Å². The molecule has 3 rings (SSSR count). The number of nitrogens with zero attached hydrogens (tertiary/aromatic N) is 2. The summed E-state index contributed by atoms with van der Waals surface area (Å²) in [6.07, 6.45) is 2.60. The average molecular weight is 397 g/mol. The van der Waals surface area contributed by atoms with E-state index in [0.717, 1.165) is 17.3 Å². The van der Waals surface area contributed by atoms with E-state index < -0.39 is 10.8 Å². The first-order chi connectivity index (χ1) is 13.4. The van der Waals surface area contributed by atoms with Gasteiger partial charge in [-0.15, -0.1) is 0 Å². The first-order valence-electron chi connectivity index (χ1n) is 8.22. The summed E-state index contributed by atoms with van der Waals surface area (Å²) in [5, 5.41) is 13.4. The maximum absolute atomic E-state index is 12.0. The van der Waals surface area contributed by atoms with Gasteiger partial charge >= 0.3 is 0 Å². The highest BCUT2D eigenvalue weighted by atomic mass is 32.2. The predicted molar refractivity (Wildman–Crippen MR) is 106 cm³/mol. The minimum atomic E-state index is -0.509. The van der Waals surface area contributed by atoms with Crippen LogP contribution in [0.2, 0.25) is 0 Å². The molecule has 28 heavy (non-hydrogen) atoms. The van der Waals surface area contributed by atoms with Gasteiger partial charge in [-0.2, -0.15) is 0 Å². The topological polar surface area (TPSA) is 110 Å². The second-order valence-corrected chi connectivity index (χ2v) is 6.80. The van der Waals surface area contributed by atoms with Crippen LogP contribution in [0.1, 0.15) is 11.1 Å². The number of thioether (sulfide) groups is 1. The largest absolute Gasteiger partial charge is 0.323 e. The number of carbonyl (C=O) groups is 3. The molecule has 0 spiro atoms. The molecule has 0 unspecified atom stereocenters. The van der Waals surface area contributed by atoms with Crippen molar-refractivity contribution in [3.63, 3.8) is 0 Å². The number of anilines is 1. The number of nitrogens with one attached hydrogen (secondary N) is 1. The molecule has 0 bridgehead atoms. The zero-order valence-corrected chi connectivity index (χ0v) is 15.3. The fourth-order valence-electron chi connectivity index (χ4n) is 2.55. The van der Waals surface area contributed by atoms with Crippen LogP contribution in [0.3, 0.4) is 0 Å². The van der Waals surface area contributed by atoms with Gasteiger partial charge in [0.05, 0.1) is 22.8 Å². The molecule has 1 heterocycles. The highest BCUT2D eigenvalue weighted by Gasteiger charge is 2.29. The van der Waals surface area contributed by atoms with Gasteiger partial charge in [-0.05, 0) is 29.8 Å². The van der Waals surface area contributed by atoms with Crippen molar-refractivity contribution in [1.82, 2.24) is 4.90 Å². The molecule has 1 N–H and O–H groups in total. The molecule has 3 amide bonds. The van der Waals surface area contributed by atoms with Crippen LogP contribution >= 0.6 is 11.8 Å². The van der Waals surface area contributed by atoms with Crippen LogP contribution in [0.5, 0.6) is 0 Å². The zero-order valence-electron chi connectivity index (χ0n) is 14.5. The van der Waals surface area contributed by atoms with Crippen LogP contribution in [-0.4, -0.2) is 32.6 Å². The second-order valence-electron chi connectivity index (χ2n) is 5.87. The maximum Gasteiger partial charge on any atom is 0.289 e. The van der Waals surface area contributed by atoms with Crippen LogP contribution < -0.4 is 5.32 Å². The summed E-state index contributed by atoms with van der Waals surface area (Å²) in [7, 11) is 0. The maximum atomic E-state index is 12.0. The molecule has 8 nitrogen and oxygen atoms in total. The van der Waals surface area contributed by atoms with Crippen molar-refractivity contribution in [3.05, 3.63) is 75.8 Å². The number of rotatable bonds is 6. The normalized spacial score (nSPS) is 13.9. The van der Waals surface area contributed by atoms with Crippen LogP contribution in [0.4, 0.5) is 16.2 Å². The standard InChI is InChI=1S/C19H15N3O5S/c23-17(10-7-14-3-1-2-4-16(14)22(26)27)20-15-8-5-13(6-9-15)11-21-18(24)12-28-19(21)25/h1-10H,11-12H2,(H,20,23). The highest BCUT2D eigenvalue weighted by molar-refractivity contribution is 8.14. The summed E-state index contributed by atoms with van der Waals surface area (Å²) in [6.45, 7) is 0.191. The molecule has 0 saturated carbocycles. The van der Waals surface area contributed by atoms with Crippen molar-refractivity contribution in [2.45, 2.75) is 6.54 Å². The van der Waals surface area contributed by atoms with Gasteiger partial charge in [0, 0.05) is 17.8 Å². The molecule has 0 atom stereocenters. The minimum Gasteiger partial charge on any atom is -0.323 e. The third kappa shape index (κ3) is 4.63. The predicted octanol–water partition coefficient (Wildman–Crippen LogP) is 3.44. The SMILES string of the molecule is O=C(C=Cc1ccccc1[N+](=O)[O-])Nc1ccc(CN2C(=O)CSC2=O)cc1. The summed E-state index contributed by atoms with van der Waals surface area (Å²) >= 11 is 0.981. The van der Waals surface area contributed by atoms with Crippen LogP contribution in [0.25, 0.3) is 6.08 Å². The van der Waals surface area contributed by atoms with Crippen LogP contribution in [0, 0.1) is 10.1 Å². The number of imide groups is 1. The highest BCUT2D eigenvalue weighted by Crippen LogP contribution is 2.22. The Kier molecular flexibility index (Phi) is 5.85. The molecule has 142 valence electrons. The summed E-state index contributed by atoms with van der Waals surface area (Å²) in [4.78, 5) is 47.0. The Bertz CT molecular complexity index is 956. The first kappa shape index (κ1) is 19.3. The van der Waals surface area contributed by atoms with Crippen molar-refractivity contribution in [2.24, 2.45) is 0 Å². The fourth-order valence-corrected chi connectivity index (χ4v) is 3.28. The molecule has 0 aromatic heterocycles. The monoisotopic (exact) mass is 397 g/mol. The van der Waals surface area contributed by atoms with Gasteiger partial charge < -0.3 is 5.32 Å². The molecule has 0 aliphatic carbocycles. The molecular weight excluding hydrogens is 382 g/mol. The van der Waals surface area contributed by atoms with E-state index in [-0.39, 0.29) is 29.1 Å². The van der Waals surface area contributed by atoms with E-state index in [1.165, 1.54) is 23.1 Å². The van der Waals surface area contributed by atoms with Gasteiger partial charge in [-0.3, -0.25) is 29.4 Å². The van der Waals surface area contributed by atoms with E-state index in [1.807, 2.05) is 0 Å². The Labute approximate surface area is 164 Å². The van der Waals surface area contributed by atoms with Crippen molar-refractivity contribution in [2.75, 3.05) is 11.1 Å². The fraction of sp³-hybridized carbons (Fsp3) is 0.105.